The summed E-state index contributed by atoms with van der Waals surface area (Å²) in [6.45, 7) is 4.78. The lowest BCUT2D eigenvalue weighted by Gasteiger charge is -2.25. The molecule has 30 heavy (non-hydrogen) atoms. The standard InChI is InChI=1S/C22H20N4O3S/c1-12-8-13(2)18-16(9-12)17(20(27)24-18)19-21(28)26-11-25(10-23-22(26)30-19)14-4-6-15(29-3)7-5-14/h4-9H,10-11H2,1-3H3,(H,24,27). The Labute approximate surface area is 176 Å². The van der Waals surface area contributed by atoms with Crippen LogP contribution < -0.4 is 29.8 Å². The Balaban J connectivity index is 1.62. The number of amides is 1. The first-order valence-electron chi connectivity index (χ1n) is 9.56. The van der Waals surface area contributed by atoms with Crippen LogP contribution in [-0.2, 0) is 11.5 Å². The van der Waals surface area contributed by atoms with E-state index in [4.69, 9.17) is 4.74 Å². The van der Waals surface area contributed by atoms with Crippen LogP contribution >= 0.6 is 11.3 Å². The van der Waals surface area contributed by atoms with Gasteiger partial charge in [0.25, 0.3) is 11.5 Å². The molecule has 7 nitrogen and oxygen atoms in total. The van der Waals surface area contributed by atoms with Crippen molar-refractivity contribution in [3.05, 3.63) is 72.8 Å². The van der Waals surface area contributed by atoms with Crippen molar-refractivity contribution in [3.8, 4) is 5.75 Å². The van der Waals surface area contributed by atoms with Gasteiger partial charge < -0.3 is 15.0 Å². The second-order valence-corrected chi connectivity index (χ2v) is 8.44. The van der Waals surface area contributed by atoms with Crippen LogP contribution in [0.3, 0.4) is 0 Å². The maximum atomic E-state index is 13.3. The van der Waals surface area contributed by atoms with Gasteiger partial charge in [-0.15, -0.1) is 0 Å². The van der Waals surface area contributed by atoms with Gasteiger partial charge in [0, 0.05) is 11.3 Å². The quantitative estimate of drug-likeness (QED) is 0.685. The van der Waals surface area contributed by atoms with Crippen LogP contribution in [0.25, 0.3) is 5.57 Å². The van der Waals surface area contributed by atoms with E-state index in [1.807, 2.05) is 55.1 Å². The molecule has 0 unspecified atom stereocenters. The molecule has 0 saturated carbocycles. The summed E-state index contributed by atoms with van der Waals surface area (Å²) in [5, 5.41) is 2.92. The normalized spacial score (nSPS) is 16.6. The largest absolute Gasteiger partial charge is 0.497 e. The van der Waals surface area contributed by atoms with Gasteiger partial charge in [-0.25, -0.2) is 4.99 Å². The van der Waals surface area contributed by atoms with Gasteiger partial charge in [-0.05, 0) is 49.7 Å². The molecular weight excluding hydrogens is 400 g/mol. The van der Waals surface area contributed by atoms with Crippen LogP contribution in [0.15, 0.2) is 46.2 Å². The van der Waals surface area contributed by atoms with Crippen LogP contribution in [0.4, 0.5) is 11.4 Å². The van der Waals surface area contributed by atoms with Gasteiger partial charge >= 0.3 is 0 Å². The SMILES string of the molecule is COc1ccc(N2CN=c3sc(=C4C(=O)Nc5c(C)cc(C)cc54)c(=O)n3C2)cc1. The molecule has 2 aliphatic heterocycles. The predicted molar refractivity (Wildman–Crippen MR) is 117 cm³/mol. The number of thiazole rings is 1. The number of aryl methyl sites for hydroxylation is 2. The van der Waals surface area contributed by atoms with Crippen molar-refractivity contribution in [2.45, 2.75) is 20.5 Å². The molecule has 0 aliphatic carbocycles. The number of aromatic nitrogens is 1. The number of anilines is 2. The number of carbonyl (C=O) groups excluding carboxylic acids is 1. The topological polar surface area (TPSA) is 75.9 Å². The number of rotatable bonds is 2. The molecule has 2 aliphatic rings. The highest BCUT2D eigenvalue weighted by molar-refractivity contribution is 7.07. The Hall–Kier alpha value is -3.39. The number of nitrogens with one attached hydrogen (secondary N) is 1. The second-order valence-electron chi connectivity index (χ2n) is 7.46. The van der Waals surface area contributed by atoms with E-state index >= 15 is 0 Å². The number of methoxy groups -OCH3 is 1. The number of ether oxygens (including phenoxy) is 1. The van der Waals surface area contributed by atoms with Gasteiger partial charge in [0.15, 0.2) is 4.80 Å². The Kier molecular flexibility index (Phi) is 4.25. The summed E-state index contributed by atoms with van der Waals surface area (Å²) < 4.78 is 7.28. The van der Waals surface area contributed by atoms with E-state index in [-0.39, 0.29) is 11.5 Å². The average molecular weight is 420 g/mol. The molecule has 3 aromatic rings. The van der Waals surface area contributed by atoms with Gasteiger partial charge in [-0.3, -0.25) is 14.2 Å². The Bertz CT molecular complexity index is 1370. The molecule has 2 aromatic carbocycles. The first kappa shape index (κ1) is 18.6. The summed E-state index contributed by atoms with van der Waals surface area (Å²) in [4.78, 5) is 33.3. The maximum absolute atomic E-state index is 13.3. The van der Waals surface area contributed by atoms with E-state index in [0.29, 0.717) is 28.2 Å². The number of benzene rings is 2. The van der Waals surface area contributed by atoms with Gasteiger partial charge in [-0.2, -0.15) is 0 Å². The van der Waals surface area contributed by atoms with E-state index in [2.05, 4.69) is 10.3 Å². The smallest absolute Gasteiger partial charge is 0.272 e. The Morgan fingerprint density at radius 2 is 1.90 bits per heavy atom. The minimum Gasteiger partial charge on any atom is -0.497 e. The van der Waals surface area contributed by atoms with E-state index in [0.717, 1.165) is 33.8 Å². The van der Waals surface area contributed by atoms with Crippen LogP contribution in [0.1, 0.15) is 16.7 Å². The monoisotopic (exact) mass is 420 g/mol. The molecule has 152 valence electrons. The van der Waals surface area contributed by atoms with E-state index in [1.165, 1.54) is 11.3 Å². The van der Waals surface area contributed by atoms with Crippen molar-refractivity contribution in [2.24, 2.45) is 4.99 Å². The number of fused-ring (bicyclic) bond motifs is 2. The molecule has 5 rings (SSSR count). The zero-order chi connectivity index (χ0) is 21.0. The van der Waals surface area contributed by atoms with Crippen LogP contribution in [0, 0.1) is 13.8 Å². The van der Waals surface area contributed by atoms with Gasteiger partial charge in [0.2, 0.25) is 0 Å². The molecule has 0 spiro atoms. The highest BCUT2D eigenvalue weighted by Gasteiger charge is 2.29. The van der Waals surface area contributed by atoms with Crippen molar-refractivity contribution in [2.75, 3.05) is 24.0 Å². The first-order valence-corrected chi connectivity index (χ1v) is 10.4. The third-order valence-corrected chi connectivity index (χ3v) is 6.55. The summed E-state index contributed by atoms with van der Waals surface area (Å²) in [7, 11) is 1.63. The average Bonchev–Trinajstić information content (AvgIpc) is 3.24. The van der Waals surface area contributed by atoms with Crippen LogP contribution in [0.2, 0.25) is 0 Å². The van der Waals surface area contributed by atoms with Gasteiger partial charge in [0.1, 0.15) is 23.6 Å². The zero-order valence-electron chi connectivity index (χ0n) is 16.9. The maximum Gasteiger partial charge on any atom is 0.272 e. The fourth-order valence-electron chi connectivity index (χ4n) is 3.97. The number of hydrogen-bond acceptors (Lipinski definition) is 6. The van der Waals surface area contributed by atoms with Crippen molar-refractivity contribution >= 4 is 34.2 Å². The van der Waals surface area contributed by atoms with Crippen LogP contribution in [-0.4, -0.2) is 24.3 Å². The predicted octanol–water partition coefficient (Wildman–Crippen LogP) is 1.74. The van der Waals surface area contributed by atoms with Gasteiger partial charge in [-0.1, -0.05) is 23.0 Å². The molecule has 0 saturated heterocycles. The minimum atomic E-state index is -0.234. The number of hydrogen-bond donors (Lipinski definition) is 1. The summed E-state index contributed by atoms with van der Waals surface area (Å²) in [6.07, 6.45) is 0. The molecule has 0 bridgehead atoms. The fraction of sp³-hybridized carbons (Fsp3) is 0.227. The lowest BCUT2D eigenvalue weighted by molar-refractivity contribution is -0.110. The number of carbonyl (C=O) groups is 1. The molecule has 8 heteroatoms. The minimum absolute atomic E-state index is 0.186. The van der Waals surface area contributed by atoms with Crippen molar-refractivity contribution in [3.63, 3.8) is 0 Å². The van der Waals surface area contributed by atoms with Crippen molar-refractivity contribution in [1.29, 1.82) is 0 Å². The Morgan fingerprint density at radius 3 is 2.63 bits per heavy atom. The Morgan fingerprint density at radius 1 is 1.13 bits per heavy atom. The van der Waals surface area contributed by atoms with E-state index < -0.39 is 0 Å². The fourth-order valence-corrected chi connectivity index (χ4v) is 5.03. The van der Waals surface area contributed by atoms with Gasteiger partial charge in [0.05, 0.1) is 18.4 Å². The molecule has 1 amide bonds. The molecule has 1 N–H and O–H groups in total. The molecule has 0 atom stereocenters. The highest BCUT2D eigenvalue weighted by Crippen LogP contribution is 2.33. The summed E-state index contributed by atoms with van der Waals surface area (Å²) in [6, 6.07) is 11.6. The third kappa shape index (κ3) is 2.83. The third-order valence-electron chi connectivity index (χ3n) is 5.43. The first-order chi connectivity index (χ1) is 14.5. The molecular formula is C22H20N4O3S. The van der Waals surface area contributed by atoms with E-state index in [1.54, 1.807) is 11.7 Å². The van der Waals surface area contributed by atoms with Crippen molar-refractivity contribution in [1.82, 2.24) is 4.57 Å². The number of nitrogens with zero attached hydrogens (tertiary/aromatic N) is 3. The zero-order valence-corrected chi connectivity index (χ0v) is 17.7. The molecule has 3 heterocycles. The molecule has 0 radical (unpaired) electrons. The van der Waals surface area contributed by atoms with Crippen LogP contribution in [0.5, 0.6) is 5.75 Å². The lowest BCUT2D eigenvalue weighted by Crippen LogP contribution is -2.43. The molecule has 0 fully saturated rings. The highest BCUT2D eigenvalue weighted by atomic mass is 32.1. The lowest BCUT2D eigenvalue weighted by atomic mass is 10.0. The summed E-state index contributed by atoms with van der Waals surface area (Å²) in [5.74, 6) is 0.540. The second kappa shape index (κ2) is 6.84. The van der Waals surface area contributed by atoms with E-state index in [9.17, 15) is 9.59 Å². The summed E-state index contributed by atoms with van der Waals surface area (Å²) >= 11 is 1.28. The van der Waals surface area contributed by atoms with Crippen molar-refractivity contribution < 1.29 is 9.53 Å². The molecule has 1 aromatic heterocycles. The summed E-state index contributed by atoms with van der Waals surface area (Å²) in [5.41, 5.74) is 4.83.